The average Bonchev–Trinajstić information content (AvgIpc) is 3.08. The van der Waals surface area contributed by atoms with Gasteiger partial charge < -0.3 is 18.9 Å². The molecule has 2 aromatic heterocycles. The highest BCUT2D eigenvalue weighted by molar-refractivity contribution is 9.09. The zero-order valence-electron chi connectivity index (χ0n) is 26.0. The van der Waals surface area contributed by atoms with Crippen LogP contribution in [0.25, 0.3) is 22.5 Å². The Bertz CT molecular complexity index is 1750. The maximum absolute atomic E-state index is 12.5. The van der Waals surface area contributed by atoms with Gasteiger partial charge in [-0.1, -0.05) is 72.1 Å². The molecule has 17 heteroatoms. The van der Waals surface area contributed by atoms with Gasteiger partial charge >= 0.3 is 13.2 Å². The number of rotatable bonds is 13. The van der Waals surface area contributed by atoms with Gasteiger partial charge in [-0.15, -0.1) is 0 Å². The molecule has 2 aromatic carbocycles. The van der Waals surface area contributed by atoms with Crippen LogP contribution in [0.4, 0.5) is 17.6 Å². The van der Waals surface area contributed by atoms with Crippen molar-refractivity contribution in [3.05, 3.63) is 106 Å². The van der Waals surface area contributed by atoms with Crippen LogP contribution in [0.2, 0.25) is 0 Å². The lowest BCUT2D eigenvalue weighted by molar-refractivity contribution is -0.0518. The second-order valence-electron chi connectivity index (χ2n) is 8.94. The molecule has 10 nitrogen and oxygen atoms in total. The SMILES string of the molecule is BrC/C=C/CBr.COc1ccc(-c2ccc(=O)[nH]n2)cc1OC(F)F.COc1ccc(-c2ccc(=O)n(C/C=C/CBr)n2)cc1OC(F)F. The van der Waals surface area contributed by atoms with E-state index in [-0.39, 0.29) is 34.1 Å². The van der Waals surface area contributed by atoms with E-state index in [0.717, 1.165) is 10.7 Å². The molecule has 0 aliphatic carbocycles. The Kier molecular flexibility index (Phi) is 19.0. The maximum Gasteiger partial charge on any atom is 0.387 e. The third-order valence-electron chi connectivity index (χ3n) is 5.78. The lowest BCUT2D eigenvalue weighted by Crippen LogP contribution is -2.21. The summed E-state index contributed by atoms with van der Waals surface area (Å²) in [7, 11) is 2.72. The minimum atomic E-state index is -2.97. The van der Waals surface area contributed by atoms with Crippen LogP contribution < -0.4 is 30.1 Å². The maximum atomic E-state index is 12.5. The van der Waals surface area contributed by atoms with Crippen LogP contribution in [0.3, 0.4) is 0 Å². The van der Waals surface area contributed by atoms with E-state index in [4.69, 9.17) is 9.47 Å². The zero-order chi connectivity index (χ0) is 36.2. The summed E-state index contributed by atoms with van der Waals surface area (Å²) < 4.78 is 69.6. The first-order valence-corrected chi connectivity index (χ1v) is 17.3. The number of alkyl halides is 7. The molecule has 0 unspecified atom stereocenters. The molecule has 1 N–H and O–H groups in total. The molecule has 4 aromatic rings. The van der Waals surface area contributed by atoms with E-state index in [2.05, 4.69) is 84.7 Å². The first-order chi connectivity index (χ1) is 23.6. The molecule has 49 heavy (non-hydrogen) atoms. The van der Waals surface area contributed by atoms with E-state index < -0.39 is 13.2 Å². The summed E-state index contributed by atoms with van der Waals surface area (Å²) >= 11 is 9.74. The van der Waals surface area contributed by atoms with Crippen LogP contribution in [0.5, 0.6) is 23.0 Å². The summed E-state index contributed by atoms with van der Waals surface area (Å²) in [6.07, 6.45) is 7.75. The molecule has 0 saturated heterocycles. The van der Waals surface area contributed by atoms with Gasteiger partial charge in [-0.3, -0.25) is 9.59 Å². The second kappa shape index (κ2) is 22.6. The van der Waals surface area contributed by atoms with Gasteiger partial charge in [0.2, 0.25) is 0 Å². The van der Waals surface area contributed by atoms with Gasteiger partial charge in [0.25, 0.3) is 11.1 Å². The summed E-state index contributed by atoms with van der Waals surface area (Å²) in [6, 6.07) is 14.7. The minimum Gasteiger partial charge on any atom is -0.493 e. The molecule has 0 aliphatic rings. The number of halogens is 7. The predicted octanol–water partition coefficient (Wildman–Crippen LogP) is 7.85. The fraction of sp³-hybridized carbons (Fsp3) is 0.250. The smallest absolute Gasteiger partial charge is 0.387 e. The zero-order valence-corrected chi connectivity index (χ0v) is 30.8. The first-order valence-electron chi connectivity index (χ1n) is 13.9. The minimum absolute atomic E-state index is 0.0938. The van der Waals surface area contributed by atoms with Crippen molar-refractivity contribution in [2.45, 2.75) is 19.8 Å². The molecule has 0 spiro atoms. The van der Waals surface area contributed by atoms with Crippen LogP contribution in [-0.4, -0.2) is 63.4 Å². The number of nitrogens with zero attached hydrogens (tertiary/aromatic N) is 3. The standard InChI is InChI=1S/C16H15BrF2N2O3.C12H10F2N2O3.C4H6Br2/c1-23-13-6-4-11(10-14(13)24-16(18)19)12-5-7-15(22)21(20-12)9-3-2-8-17;1-18-9-4-2-7(6-10(9)19-12(13)14)8-3-5-11(17)16-15-8;5-3-1-2-4-6/h2-7,10,16H,8-9H2,1H3;2-6,12H,1H3,(H,16,17);1-2H,3-4H2/b3-2+;;2-1+. The number of methoxy groups -OCH3 is 2. The number of allylic oxidation sites excluding steroid dienone is 4. The van der Waals surface area contributed by atoms with Crippen molar-refractivity contribution < 1.29 is 36.5 Å². The van der Waals surface area contributed by atoms with Gasteiger partial charge in [-0.2, -0.15) is 27.8 Å². The van der Waals surface area contributed by atoms with Crippen molar-refractivity contribution in [2.75, 3.05) is 30.2 Å². The van der Waals surface area contributed by atoms with Gasteiger partial charge in [-0.25, -0.2) is 9.78 Å². The van der Waals surface area contributed by atoms with Gasteiger partial charge in [0, 0.05) is 39.2 Å². The van der Waals surface area contributed by atoms with Gasteiger partial charge in [0.1, 0.15) is 0 Å². The van der Waals surface area contributed by atoms with E-state index >= 15 is 0 Å². The van der Waals surface area contributed by atoms with Gasteiger partial charge in [-0.05, 0) is 48.5 Å². The largest absolute Gasteiger partial charge is 0.493 e. The molecule has 0 amide bonds. The molecule has 2 heterocycles. The third kappa shape index (κ3) is 14.6. The molecule has 0 aliphatic heterocycles. The number of ether oxygens (including phenoxy) is 4. The summed E-state index contributed by atoms with van der Waals surface area (Å²) in [5, 5.41) is 12.9. The molecule has 0 saturated carbocycles. The number of benzene rings is 2. The number of nitrogens with one attached hydrogen (secondary N) is 1. The van der Waals surface area contributed by atoms with Crippen LogP contribution in [0, 0.1) is 0 Å². The first kappa shape index (κ1) is 41.2. The number of aromatic amines is 1. The summed E-state index contributed by atoms with van der Waals surface area (Å²) in [5.74, 6) is 0.188. The van der Waals surface area contributed by atoms with Crippen molar-refractivity contribution in [3.63, 3.8) is 0 Å². The molecule has 4 rings (SSSR count). The Balaban J connectivity index is 0.000000297. The Morgan fingerprint density at radius 1 is 0.694 bits per heavy atom. The van der Waals surface area contributed by atoms with Crippen LogP contribution in [-0.2, 0) is 6.54 Å². The molecular weight excluding hydrogens is 852 g/mol. The molecular formula is C32H31Br3F4N4O6. The Morgan fingerprint density at radius 2 is 1.18 bits per heavy atom. The highest BCUT2D eigenvalue weighted by Crippen LogP contribution is 2.33. The second-order valence-corrected chi connectivity index (χ2v) is 10.9. The van der Waals surface area contributed by atoms with E-state index in [9.17, 15) is 27.2 Å². The molecule has 0 atom stereocenters. The molecule has 0 bridgehead atoms. The molecule has 0 radical (unpaired) electrons. The van der Waals surface area contributed by atoms with Crippen molar-refractivity contribution >= 4 is 47.8 Å². The van der Waals surface area contributed by atoms with Crippen LogP contribution in [0.15, 0.2) is 94.6 Å². The fourth-order valence-corrected chi connectivity index (χ4v) is 4.44. The van der Waals surface area contributed by atoms with Gasteiger partial charge in [0.15, 0.2) is 23.0 Å². The topological polar surface area (TPSA) is 118 Å². The third-order valence-corrected chi connectivity index (χ3v) is 6.90. The molecule has 0 fully saturated rings. The summed E-state index contributed by atoms with van der Waals surface area (Å²) in [5.41, 5.74) is 1.35. The summed E-state index contributed by atoms with van der Waals surface area (Å²) in [4.78, 5) is 22.7. The van der Waals surface area contributed by atoms with Crippen molar-refractivity contribution in [3.8, 4) is 45.5 Å². The summed E-state index contributed by atoms with van der Waals surface area (Å²) in [6.45, 7) is -5.60. The van der Waals surface area contributed by atoms with E-state index in [0.29, 0.717) is 34.4 Å². The normalized spacial score (nSPS) is 10.8. The van der Waals surface area contributed by atoms with Crippen LogP contribution >= 0.6 is 47.8 Å². The van der Waals surface area contributed by atoms with Crippen molar-refractivity contribution in [2.24, 2.45) is 0 Å². The number of aromatic nitrogens is 4. The molecule has 264 valence electrons. The predicted molar refractivity (Wildman–Crippen MR) is 190 cm³/mol. The Hall–Kier alpha value is -3.96. The highest BCUT2D eigenvalue weighted by Gasteiger charge is 2.14. The fourth-order valence-electron chi connectivity index (χ4n) is 3.65. The number of hydrogen-bond donors (Lipinski definition) is 1. The lowest BCUT2D eigenvalue weighted by atomic mass is 10.1. The Morgan fingerprint density at radius 3 is 1.63 bits per heavy atom. The highest BCUT2D eigenvalue weighted by atomic mass is 79.9. The number of hydrogen-bond acceptors (Lipinski definition) is 8. The van der Waals surface area contributed by atoms with Crippen molar-refractivity contribution in [1.82, 2.24) is 20.0 Å². The monoisotopic (exact) mass is 880 g/mol. The van der Waals surface area contributed by atoms with E-state index in [1.165, 1.54) is 67.4 Å². The van der Waals surface area contributed by atoms with Crippen molar-refractivity contribution in [1.29, 1.82) is 0 Å². The average molecular weight is 883 g/mol. The van der Waals surface area contributed by atoms with E-state index in [1.54, 1.807) is 18.2 Å². The Labute approximate surface area is 304 Å². The van der Waals surface area contributed by atoms with E-state index in [1.807, 2.05) is 6.08 Å². The van der Waals surface area contributed by atoms with Gasteiger partial charge in [0.05, 0.1) is 32.2 Å². The van der Waals surface area contributed by atoms with Crippen LogP contribution in [0.1, 0.15) is 0 Å². The lowest BCUT2D eigenvalue weighted by Gasteiger charge is -2.12. The quantitative estimate of drug-likeness (QED) is 0.0821. The number of H-pyrrole nitrogens is 1.